The quantitative estimate of drug-likeness (QED) is 0.677. The summed E-state index contributed by atoms with van der Waals surface area (Å²) in [5.74, 6) is 0.773. The number of ether oxygens (including phenoxy) is 1. The molecule has 0 radical (unpaired) electrons. The van der Waals surface area contributed by atoms with Crippen LogP contribution >= 0.6 is 0 Å². The molecule has 0 amide bonds. The van der Waals surface area contributed by atoms with E-state index in [1.807, 2.05) is 6.92 Å². The Morgan fingerprint density at radius 1 is 1.33 bits per heavy atom. The Morgan fingerprint density at radius 3 is 2.50 bits per heavy atom. The van der Waals surface area contributed by atoms with Gasteiger partial charge in [0, 0.05) is 6.08 Å². The highest BCUT2D eigenvalue weighted by Crippen LogP contribution is 2.28. The summed E-state index contributed by atoms with van der Waals surface area (Å²) in [5.41, 5.74) is 1.78. The molecule has 0 atom stereocenters. The second-order valence-corrected chi connectivity index (χ2v) is 5.37. The molecule has 100 valence electrons. The van der Waals surface area contributed by atoms with Crippen molar-refractivity contribution in [1.29, 1.82) is 0 Å². The van der Waals surface area contributed by atoms with E-state index in [1.54, 1.807) is 19.9 Å². The monoisotopic (exact) mass is 248 g/mol. The van der Waals surface area contributed by atoms with Gasteiger partial charge in [-0.05, 0) is 52.5 Å². The third kappa shape index (κ3) is 3.86. The molecule has 18 heavy (non-hydrogen) atoms. The number of hydrogen-bond donors (Lipinski definition) is 0. The van der Waals surface area contributed by atoms with Gasteiger partial charge in [0.05, 0.1) is 0 Å². The Kier molecular flexibility index (Phi) is 4.94. The average Bonchev–Trinajstić information content (AvgIpc) is 2.54. The first kappa shape index (κ1) is 14.7. The van der Waals surface area contributed by atoms with Crippen LogP contribution in [-0.4, -0.2) is 11.4 Å². The molecule has 1 rings (SSSR count). The van der Waals surface area contributed by atoms with Gasteiger partial charge < -0.3 is 4.74 Å². The highest BCUT2D eigenvalue weighted by molar-refractivity contribution is 5.99. The van der Waals surface area contributed by atoms with E-state index in [1.165, 1.54) is 5.57 Å². The lowest BCUT2D eigenvalue weighted by Gasteiger charge is -2.18. The fraction of sp³-hybridized carbons (Fsp3) is 0.562. The lowest BCUT2D eigenvalue weighted by molar-refractivity contribution is -0.126. The van der Waals surface area contributed by atoms with Gasteiger partial charge in [0.15, 0.2) is 5.60 Å². The molecule has 0 spiro atoms. The number of ketones is 1. The maximum absolute atomic E-state index is 11.6. The van der Waals surface area contributed by atoms with Crippen LogP contribution in [0.1, 0.15) is 53.9 Å². The van der Waals surface area contributed by atoms with Crippen molar-refractivity contribution in [2.75, 3.05) is 0 Å². The average molecular weight is 248 g/mol. The predicted octanol–water partition coefficient (Wildman–Crippen LogP) is 4.33. The Balaban J connectivity index is 2.56. The van der Waals surface area contributed by atoms with Crippen LogP contribution in [0.25, 0.3) is 0 Å². The molecule has 0 aromatic carbocycles. The van der Waals surface area contributed by atoms with Gasteiger partial charge in [0.1, 0.15) is 5.76 Å². The van der Waals surface area contributed by atoms with E-state index in [2.05, 4.69) is 26.0 Å². The number of rotatable bonds is 5. The van der Waals surface area contributed by atoms with Gasteiger partial charge in [-0.2, -0.15) is 0 Å². The molecule has 2 heteroatoms. The first-order chi connectivity index (χ1) is 8.36. The molecule has 0 aromatic rings. The molecular weight excluding hydrogens is 224 g/mol. The summed E-state index contributed by atoms with van der Waals surface area (Å²) in [6.07, 6.45) is 9.15. The fourth-order valence-corrected chi connectivity index (χ4v) is 1.91. The maximum Gasteiger partial charge on any atom is 0.202 e. The standard InChI is InChI=1S/C16H24O2/c1-6-8-12(2)9-7-10-13(3)14-11-15(17)16(4,5)18-14/h8,10-11H,6-7,9H2,1-5H3/b12-8+,13-10+. The zero-order valence-corrected chi connectivity index (χ0v) is 12.2. The molecule has 0 aliphatic carbocycles. The van der Waals surface area contributed by atoms with E-state index in [0.717, 1.165) is 30.6 Å². The zero-order chi connectivity index (χ0) is 13.8. The first-order valence-electron chi connectivity index (χ1n) is 6.64. The number of hydrogen-bond acceptors (Lipinski definition) is 2. The van der Waals surface area contributed by atoms with Gasteiger partial charge in [-0.1, -0.05) is 24.6 Å². The van der Waals surface area contributed by atoms with E-state index >= 15 is 0 Å². The molecule has 1 heterocycles. The highest BCUT2D eigenvalue weighted by Gasteiger charge is 2.35. The van der Waals surface area contributed by atoms with E-state index in [-0.39, 0.29) is 5.78 Å². The summed E-state index contributed by atoms with van der Waals surface area (Å²) < 4.78 is 5.66. The second-order valence-electron chi connectivity index (χ2n) is 5.37. The van der Waals surface area contributed by atoms with Gasteiger partial charge in [0.2, 0.25) is 5.78 Å². The van der Waals surface area contributed by atoms with E-state index < -0.39 is 5.60 Å². The fourth-order valence-electron chi connectivity index (χ4n) is 1.91. The molecule has 0 aromatic heterocycles. The predicted molar refractivity (Wildman–Crippen MR) is 75.3 cm³/mol. The van der Waals surface area contributed by atoms with Crippen molar-refractivity contribution in [3.63, 3.8) is 0 Å². The Hall–Kier alpha value is -1.31. The summed E-state index contributed by atoms with van der Waals surface area (Å²) in [6.45, 7) is 9.92. The van der Waals surface area contributed by atoms with Crippen molar-refractivity contribution in [3.05, 3.63) is 35.1 Å². The number of allylic oxidation sites excluding steroid dienone is 4. The molecule has 0 saturated heterocycles. The molecule has 1 aliphatic rings. The van der Waals surface area contributed by atoms with Crippen LogP contribution in [0, 0.1) is 0 Å². The maximum atomic E-state index is 11.6. The lowest BCUT2D eigenvalue weighted by atomic mass is 10.1. The van der Waals surface area contributed by atoms with Gasteiger partial charge in [-0.25, -0.2) is 0 Å². The van der Waals surface area contributed by atoms with E-state index in [0.29, 0.717) is 0 Å². The molecule has 0 saturated carbocycles. The smallest absolute Gasteiger partial charge is 0.202 e. The lowest BCUT2D eigenvalue weighted by Crippen LogP contribution is -2.27. The second kappa shape index (κ2) is 6.03. The number of carbonyl (C=O) groups is 1. The zero-order valence-electron chi connectivity index (χ0n) is 12.2. The Labute approximate surface area is 110 Å². The minimum Gasteiger partial charge on any atom is -0.479 e. The van der Waals surface area contributed by atoms with Crippen LogP contribution in [0.5, 0.6) is 0 Å². The molecule has 0 fully saturated rings. The summed E-state index contributed by atoms with van der Waals surface area (Å²) >= 11 is 0. The summed E-state index contributed by atoms with van der Waals surface area (Å²) in [7, 11) is 0. The third-order valence-corrected chi connectivity index (χ3v) is 3.15. The van der Waals surface area contributed by atoms with Crippen molar-refractivity contribution in [2.45, 2.75) is 59.5 Å². The molecule has 0 bridgehead atoms. The van der Waals surface area contributed by atoms with Crippen LogP contribution in [0.2, 0.25) is 0 Å². The van der Waals surface area contributed by atoms with Crippen LogP contribution in [-0.2, 0) is 9.53 Å². The van der Waals surface area contributed by atoms with Crippen LogP contribution < -0.4 is 0 Å². The Morgan fingerprint density at radius 2 is 2.00 bits per heavy atom. The van der Waals surface area contributed by atoms with Crippen LogP contribution in [0.15, 0.2) is 35.1 Å². The van der Waals surface area contributed by atoms with Crippen molar-refractivity contribution in [2.24, 2.45) is 0 Å². The third-order valence-electron chi connectivity index (χ3n) is 3.15. The first-order valence-corrected chi connectivity index (χ1v) is 6.64. The molecule has 1 aliphatic heterocycles. The summed E-state index contributed by atoms with van der Waals surface area (Å²) in [4.78, 5) is 11.6. The molecular formula is C16H24O2. The van der Waals surface area contributed by atoms with Gasteiger partial charge in [0.25, 0.3) is 0 Å². The molecule has 2 nitrogen and oxygen atoms in total. The normalized spacial score (nSPS) is 19.8. The summed E-state index contributed by atoms with van der Waals surface area (Å²) in [6, 6.07) is 0. The topological polar surface area (TPSA) is 26.3 Å². The van der Waals surface area contributed by atoms with E-state index in [9.17, 15) is 4.79 Å². The minimum absolute atomic E-state index is 0.0484. The van der Waals surface area contributed by atoms with Gasteiger partial charge >= 0.3 is 0 Å². The SMILES string of the molecule is CC/C=C(\C)CC/C=C(\C)C1=CC(=O)C(C)(C)O1. The molecule has 0 N–H and O–H groups in total. The van der Waals surface area contributed by atoms with E-state index in [4.69, 9.17) is 4.74 Å². The minimum atomic E-state index is -0.692. The largest absolute Gasteiger partial charge is 0.479 e. The van der Waals surface area contributed by atoms with Crippen molar-refractivity contribution < 1.29 is 9.53 Å². The van der Waals surface area contributed by atoms with Gasteiger partial charge in [-0.3, -0.25) is 4.79 Å². The number of carbonyl (C=O) groups excluding carboxylic acids is 1. The van der Waals surface area contributed by atoms with Gasteiger partial charge in [-0.15, -0.1) is 0 Å². The summed E-state index contributed by atoms with van der Waals surface area (Å²) in [5, 5.41) is 0. The Bertz CT molecular complexity index is 409. The van der Waals surface area contributed by atoms with Crippen LogP contribution in [0.3, 0.4) is 0 Å². The van der Waals surface area contributed by atoms with Crippen LogP contribution in [0.4, 0.5) is 0 Å². The van der Waals surface area contributed by atoms with Crippen molar-refractivity contribution in [1.82, 2.24) is 0 Å². The van der Waals surface area contributed by atoms with Crippen molar-refractivity contribution in [3.8, 4) is 0 Å². The van der Waals surface area contributed by atoms with Crippen molar-refractivity contribution >= 4 is 5.78 Å². The highest BCUT2D eigenvalue weighted by atomic mass is 16.5. The molecule has 0 unspecified atom stereocenters.